The highest BCUT2D eigenvalue weighted by Crippen LogP contribution is 2.47. The molecule has 2 atom stereocenters. The summed E-state index contributed by atoms with van der Waals surface area (Å²) in [5, 5.41) is 14.2. The first kappa shape index (κ1) is 18.0. The van der Waals surface area contributed by atoms with Crippen LogP contribution < -0.4 is 10.3 Å². The van der Waals surface area contributed by atoms with E-state index in [-0.39, 0.29) is 23.5 Å². The van der Waals surface area contributed by atoms with Crippen LogP contribution in [0.15, 0.2) is 53.6 Å². The summed E-state index contributed by atoms with van der Waals surface area (Å²) in [6, 6.07) is 15.5. The Morgan fingerprint density at radius 1 is 1.23 bits per heavy atom. The second kappa shape index (κ2) is 8.04. The number of phenols is 1. The Bertz CT molecular complexity index is 785. The third-order valence-corrected chi connectivity index (χ3v) is 4.88. The number of aromatic hydroxyl groups is 1. The predicted octanol–water partition coefficient (Wildman–Crippen LogP) is 3.49. The molecule has 0 aliphatic heterocycles. The van der Waals surface area contributed by atoms with Crippen LogP contribution in [0.2, 0.25) is 0 Å². The molecule has 0 bridgehead atoms. The lowest BCUT2D eigenvalue weighted by Gasteiger charge is -2.21. The van der Waals surface area contributed by atoms with E-state index in [1.807, 2.05) is 30.3 Å². The lowest BCUT2D eigenvalue weighted by molar-refractivity contribution is -0.122. The zero-order valence-electron chi connectivity index (χ0n) is 15.2. The van der Waals surface area contributed by atoms with Crippen molar-refractivity contribution in [3.05, 3.63) is 59.7 Å². The average Bonchev–Trinajstić information content (AvgIpc) is 3.46. The van der Waals surface area contributed by atoms with Crippen LogP contribution in [0, 0.1) is 5.92 Å². The number of rotatable bonds is 7. The molecule has 1 saturated carbocycles. The van der Waals surface area contributed by atoms with Crippen LogP contribution in [0.4, 0.5) is 5.69 Å². The fourth-order valence-electron chi connectivity index (χ4n) is 3.23. The number of nitrogens with one attached hydrogen (secondary N) is 1. The zero-order valence-corrected chi connectivity index (χ0v) is 15.2. The summed E-state index contributed by atoms with van der Waals surface area (Å²) in [5.74, 6) is 0.344. The van der Waals surface area contributed by atoms with E-state index in [2.05, 4.69) is 41.4 Å². The lowest BCUT2D eigenvalue weighted by atomic mass is 10.1. The highest BCUT2D eigenvalue weighted by molar-refractivity contribution is 5.87. The molecule has 1 aliphatic carbocycles. The molecule has 0 unspecified atom stereocenters. The molecular formula is C21H25N3O2. The van der Waals surface area contributed by atoms with Gasteiger partial charge in [0, 0.05) is 36.3 Å². The highest BCUT2D eigenvalue weighted by atomic mass is 16.3. The van der Waals surface area contributed by atoms with E-state index in [1.165, 1.54) is 11.8 Å². The number of benzene rings is 2. The average molecular weight is 351 g/mol. The minimum atomic E-state index is -0.0747. The molecule has 0 saturated heterocycles. The Morgan fingerprint density at radius 2 is 1.96 bits per heavy atom. The number of hydrogen-bond donors (Lipinski definition) is 2. The van der Waals surface area contributed by atoms with Crippen molar-refractivity contribution in [1.82, 2.24) is 5.43 Å². The predicted molar refractivity (Wildman–Crippen MR) is 105 cm³/mol. The molecule has 0 radical (unpaired) electrons. The SMILES string of the molecule is CCN(CC)c1ccc(/C=N\NC(=O)[C@@H]2C[C@@H]2c2ccccc2)c(O)c1. The Labute approximate surface area is 154 Å². The van der Waals surface area contributed by atoms with Crippen molar-refractivity contribution < 1.29 is 9.90 Å². The summed E-state index contributed by atoms with van der Waals surface area (Å²) < 4.78 is 0. The molecule has 2 aromatic rings. The van der Waals surface area contributed by atoms with Gasteiger partial charge in [-0.3, -0.25) is 4.79 Å². The van der Waals surface area contributed by atoms with Crippen LogP contribution in [0.25, 0.3) is 0 Å². The summed E-state index contributed by atoms with van der Waals surface area (Å²) in [5.41, 5.74) is 5.33. The van der Waals surface area contributed by atoms with Crippen molar-refractivity contribution in [2.75, 3.05) is 18.0 Å². The standard InChI is InChI=1S/C21H25N3O2/c1-3-24(4-2)17-11-10-16(20(25)12-17)14-22-23-21(26)19-13-18(19)15-8-6-5-7-9-15/h5-12,14,18-19,25H,3-4,13H2,1-2H3,(H,23,26)/b22-14-/t18-,19-/m1/s1. The summed E-state index contributed by atoms with van der Waals surface area (Å²) in [4.78, 5) is 14.3. The van der Waals surface area contributed by atoms with Crippen LogP contribution >= 0.6 is 0 Å². The fourth-order valence-corrected chi connectivity index (χ4v) is 3.23. The second-order valence-electron chi connectivity index (χ2n) is 6.51. The summed E-state index contributed by atoms with van der Waals surface area (Å²) in [7, 11) is 0. The Hall–Kier alpha value is -2.82. The lowest BCUT2D eigenvalue weighted by Crippen LogP contribution is -2.21. The molecule has 2 aromatic carbocycles. The van der Waals surface area contributed by atoms with E-state index in [4.69, 9.17) is 0 Å². The number of carbonyl (C=O) groups excluding carboxylic acids is 1. The summed E-state index contributed by atoms with van der Waals surface area (Å²) in [6.45, 7) is 5.91. The van der Waals surface area contributed by atoms with Gasteiger partial charge in [-0.15, -0.1) is 0 Å². The van der Waals surface area contributed by atoms with E-state index in [9.17, 15) is 9.90 Å². The van der Waals surface area contributed by atoms with Gasteiger partial charge < -0.3 is 10.0 Å². The molecule has 136 valence electrons. The van der Waals surface area contributed by atoms with Crippen molar-refractivity contribution >= 4 is 17.8 Å². The smallest absolute Gasteiger partial charge is 0.243 e. The van der Waals surface area contributed by atoms with Gasteiger partial charge in [-0.1, -0.05) is 30.3 Å². The van der Waals surface area contributed by atoms with Gasteiger partial charge in [0.1, 0.15) is 5.75 Å². The zero-order chi connectivity index (χ0) is 18.5. The molecular weight excluding hydrogens is 326 g/mol. The van der Waals surface area contributed by atoms with Crippen LogP contribution in [-0.2, 0) is 4.79 Å². The van der Waals surface area contributed by atoms with Gasteiger partial charge >= 0.3 is 0 Å². The first-order chi connectivity index (χ1) is 12.6. The molecule has 1 aliphatic rings. The first-order valence-corrected chi connectivity index (χ1v) is 9.09. The number of phenolic OH excluding ortho intramolecular Hbond substituents is 1. The fraction of sp³-hybridized carbons (Fsp3) is 0.333. The number of hydrogen-bond acceptors (Lipinski definition) is 4. The molecule has 5 heteroatoms. The molecule has 0 heterocycles. The maximum Gasteiger partial charge on any atom is 0.243 e. The Kier molecular flexibility index (Phi) is 5.56. The van der Waals surface area contributed by atoms with E-state index in [0.29, 0.717) is 5.56 Å². The van der Waals surface area contributed by atoms with Gasteiger partial charge in [0.05, 0.1) is 6.21 Å². The number of amides is 1. The first-order valence-electron chi connectivity index (χ1n) is 9.09. The molecule has 0 spiro atoms. The van der Waals surface area contributed by atoms with Gasteiger partial charge in [-0.2, -0.15) is 5.10 Å². The van der Waals surface area contributed by atoms with Gasteiger partial charge in [-0.25, -0.2) is 5.43 Å². The molecule has 2 N–H and O–H groups in total. The van der Waals surface area contributed by atoms with E-state index >= 15 is 0 Å². The van der Waals surface area contributed by atoms with Gasteiger partial charge in [0.25, 0.3) is 0 Å². The third kappa shape index (κ3) is 4.04. The van der Waals surface area contributed by atoms with Crippen molar-refractivity contribution in [1.29, 1.82) is 0 Å². The van der Waals surface area contributed by atoms with Crippen molar-refractivity contribution in [3.63, 3.8) is 0 Å². The highest BCUT2D eigenvalue weighted by Gasteiger charge is 2.43. The van der Waals surface area contributed by atoms with Crippen LogP contribution in [0.1, 0.15) is 37.3 Å². The van der Waals surface area contributed by atoms with Crippen LogP contribution in [0.3, 0.4) is 0 Å². The minimum absolute atomic E-state index is 0.0202. The number of carbonyl (C=O) groups is 1. The molecule has 1 fully saturated rings. The van der Waals surface area contributed by atoms with Crippen LogP contribution in [0.5, 0.6) is 5.75 Å². The van der Waals surface area contributed by atoms with Crippen LogP contribution in [-0.4, -0.2) is 30.3 Å². The van der Waals surface area contributed by atoms with E-state index in [0.717, 1.165) is 25.2 Å². The van der Waals surface area contributed by atoms with Crippen molar-refractivity contribution in [2.45, 2.75) is 26.2 Å². The third-order valence-electron chi connectivity index (χ3n) is 4.88. The maximum atomic E-state index is 12.2. The van der Waals surface area contributed by atoms with Gasteiger partial charge in [0.15, 0.2) is 0 Å². The number of hydrazone groups is 1. The van der Waals surface area contributed by atoms with Crippen molar-refractivity contribution in [3.8, 4) is 5.75 Å². The molecule has 26 heavy (non-hydrogen) atoms. The van der Waals surface area contributed by atoms with Gasteiger partial charge in [-0.05, 0) is 43.9 Å². The second-order valence-corrected chi connectivity index (χ2v) is 6.51. The molecule has 0 aromatic heterocycles. The summed E-state index contributed by atoms with van der Waals surface area (Å²) >= 11 is 0. The van der Waals surface area contributed by atoms with E-state index in [1.54, 1.807) is 6.07 Å². The molecule has 5 nitrogen and oxygen atoms in total. The monoisotopic (exact) mass is 351 g/mol. The number of nitrogens with zero attached hydrogens (tertiary/aromatic N) is 2. The van der Waals surface area contributed by atoms with E-state index < -0.39 is 0 Å². The number of anilines is 1. The Balaban J connectivity index is 1.56. The van der Waals surface area contributed by atoms with Gasteiger partial charge in [0.2, 0.25) is 5.91 Å². The quantitative estimate of drug-likeness (QED) is 0.593. The minimum Gasteiger partial charge on any atom is -0.507 e. The topological polar surface area (TPSA) is 64.9 Å². The molecule has 3 rings (SSSR count). The maximum absolute atomic E-state index is 12.2. The molecule has 1 amide bonds. The normalized spacial score (nSPS) is 18.7. The summed E-state index contributed by atoms with van der Waals surface area (Å²) in [6.07, 6.45) is 2.34. The largest absolute Gasteiger partial charge is 0.507 e. The Morgan fingerprint density at radius 3 is 2.62 bits per heavy atom. The van der Waals surface area contributed by atoms with Crippen molar-refractivity contribution in [2.24, 2.45) is 11.0 Å².